The van der Waals surface area contributed by atoms with Crippen LogP contribution in [0.3, 0.4) is 0 Å². The molecule has 0 bridgehead atoms. The molecule has 0 spiro atoms. The lowest BCUT2D eigenvalue weighted by atomic mass is 10.1. The van der Waals surface area contributed by atoms with Crippen molar-refractivity contribution in [3.05, 3.63) is 58.9 Å². The van der Waals surface area contributed by atoms with Crippen LogP contribution in [0.15, 0.2) is 42.6 Å². The number of aromatic nitrogens is 1. The third-order valence-electron chi connectivity index (χ3n) is 5.70. The van der Waals surface area contributed by atoms with E-state index < -0.39 is 0 Å². The quantitative estimate of drug-likeness (QED) is 0.697. The topological polar surface area (TPSA) is 45.7 Å². The summed E-state index contributed by atoms with van der Waals surface area (Å²) >= 11 is 6.48. The Labute approximate surface area is 177 Å². The largest absolute Gasteiger partial charge is 0.376 e. The lowest BCUT2D eigenvalue weighted by molar-refractivity contribution is 0.0504. The van der Waals surface area contributed by atoms with Crippen molar-refractivity contribution < 1.29 is 9.53 Å². The molecular formula is C23H28ClN3O2. The van der Waals surface area contributed by atoms with Gasteiger partial charge in [0.2, 0.25) is 0 Å². The van der Waals surface area contributed by atoms with E-state index in [1.54, 1.807) is 6.20 Å². The number of hydrogen-bond donors (Lipinski definition) is 0. The molecule has 0 N–H and O–H groups in total. The summed E-state index contributed by atoms with van der Waals surface area (Å²) in [7, 11) is 0. The second-order valence-corrected chi connectivity index (χ2v) is 8.26. The number of anilines is 1. The third-order valence-corrected chi connectivity index (χ3v) is 6.02. The second-order valence-electron chi connectivity index (χ2n) is 7.86. The minimum atomic E-state index is 0.000999. The lowest BCUT2D eigenvalue weighted by Gasteiger charge is -2.30. The Balaban J connectivity index is 1.57. The third kappa shape index (κ3) is 5.09. The molecule has 2 aliphatic rings. The Bertz CT molecular complexity index is 818. The van der Waals surface area contributed by atoms with E-state index in [4.69, 9.17) is 16.3 Å². The molecule has 6 heteroatoms. The van der Waals surface area contributed by atoms with Crippen molar-refractivity contribution in [1.29, 1.82) is 0 Å². The molecule has 1 amide bonds. The monoisotopic (exact) mass is 413 g/mol. The Hall–Kier alpha value is -2.11. The van der Waals surface area contributed by atoms with Crippen molar-refractivity contribution >= 4 is 23.2 Å². The molecule has 2 saturated heterocycles. The molecule has 0 unspecified atom stereocenters. The van der Waals surface area contributed by atoms with E-state index in [0.29, 0.717) is 23.7 Å². The maximum atomic E-state index is 13.5. The van der Waals surface area contributed by atoms with Gasteiger partial charge in [0.1, 0.15) is 0 Å². The summed E-state index contributed by atoms with van der Waals surface area (Å²) in [6, 6.07) is 11.4. The van der Waals surface area contributed by atoms with E-state index in [-0.39, 0.29) is 12.0 Å². The molecule has 154 valence electrons. The van der Waals surface area contributed by atoms with E-state index in [1.165, 1.54) is 19.3 Å². The van der Waals surface area contributed by atoms with Crippen molar-refractivity contribution in [3.63, 3.8) is 0 Å². The number of benzene rings is 1. The first-order valence-corrected chi connectivity index (χ1v) is 10.9. The van der Waals surface area contributed by atoms with Crippen LogP contribution in [0.4, 0.5) is 5.69 Å². The smallest absolute Gasteiger partial charge is 0.254 e. The molecule has 1 aromatic carbocycles. The van der Waals surface area contributed by atoms with Crippen LogP contribution in [0, 0.1) is 0 Å². The SMILES string of the molecule is O=C(c1ccc(Cl)c(N2CCCCC2)c1)N(Cc1ccccn1)C[C@H]1CCCO1. The van der Waals surface area contributed by atoms with Crippen LogP contribution in [0.25, 0.3) is 0 Å². The summed E-state index contributed by atoms with van der Waals surface area (Å²) in [6.07, 6.45) is 7.49. The van der Waals surface area contributed by atoms with Crippen LogP contribution in [0.5, 0.6) is 0 Å². The molecule has 2 aromatic rings. The number of ether oxygens (including phenoxy) is 1. The highest BCUT2D eigenvalue weighted by atomic mass is 35.5. The number of amides is 1. The standard InChI is InChI=1S/C23H28ClN3O2/c24-21-10-9-18(15-22(21)26-12-4-1-5-13-26)23(28)27(17-20-8-6-14-29-20)16-19-7-2-3-11-25-19/h2-3,7,9-11,15,20H,1,4-6,8,12-14,16-17H2/t20-/m1/s1. The second kappa shape index (κ2) is 9.59. The maximum Gasteiger partial charge on any atom is 0.254 e. The fourth-order valence-corrected chi connectivity index (χ4v) is 4.38. The van der Waals surface area contributed by atoms with Gasteiger partial charge in [-0.1, -0.05) is 17.7 Å². The molecule has 0 saturated carbocycles. The zero-order chi connectivity index (χ0) is 20.1. The summed E-state index contributed by atoms with van der Waals surface area (Å²) in [5.41, 5.74) is 2.51. The van der Waals surface area contributed by atoms with Gasteiger partial charge in [-0.2, -0.15) is 0 Å². The van der Waals surface area contributed by atoms with Crippen molar-refractivity contribution in [2.45, 2.75) is 44.8 Å². The number of pyridine rings is 1. The molecule has 2 aliphatic heterocycles. The highest BCUT2D eigenvalue weighted by molar-refractivity contribution is 6.33. The normalized spacial score (nSPS) is 19.3. The number of hydrogen-bond acceptors (Lipinski definition) is 4. The number of halogens is 1. The van der Waals surface area contributed by atoms with Gasteiger partial charge < -0.3 is 14.5 Å². The van der Waals surface area contributed by atoms with Crippen molar-refractivity contribution in [2.75, 3.05) is 31.1 Å². The van der Waals surface area contributed by atoms with Crippen LogP contribution < -0.4 is 4.90 Å². The Morgan fingerprint density at radius 3 is 2.76 bits per heavy atom. The fourth-order valence-electron chi connectivity index (χ4n) is 4.15. The highest BCUT2D eigenvalue weighted by Crippen LogP contribution is 2.30. The van der Waals surface area contributed by atoms with E-state index >= 15 is 0 Å². The summed E-state index contributed by atoms with van der Waals surface area (Å²) < 4.78 is 5.80. The maximum absolute atomic E-state index is 13.5. The summed E-state index contributed by atoms with van der Waals surface area (Å²) in [5, 5.41) is 0.707. The van der Waals surface area contributed by atoms with E-state index in [9.17, 15) is 4.79 Å². The molecule has 3 heterocycles. The van der Waals surface area contributed by atoms with Crippen LogP contribution >= 0.6 is 11.6 Å². The molecule has 4 rings (SSSR count). The number of carbonyl (C=O) groups is 1. The summed E-state index contributed by atoms with van der Waals surface area (Å²) in [4.78, 5) is 22.0. The number of rotatable bonds is 6. The molecular weight excluding hydrogens is 386 g/mol. The van der Waals surface area contributed by atoms with Crippen molar-refractivity contribution in [3.8, 4) is 0 Å². The van der Waals surface area contributed by atoms with Gasteiger partial charge in [0.05, 0.1) is 29.1 Å². The van der Waals surface area contributed by atoms with E-state index in [2.05, 4.69) is 9.88 Å². The Kier molecular flexibility index (Phi) is 6.67. The first-order chi connectivity index (χ1) is 14.2. The summed E-state index contributed by atoms with van der Waals surface area (Å²) in [6.45, 7) is 3.81. The van der Waals surface area contributed by atoms with Gasteiger partial charge >= 0.3 is 0 Å². The van der Waals surface area contributed by atoms with Crippen molar-refractivity contribution in [2.24, 2.45) is 0 Å². The van der Waals surface area contributed by atoms with Gasteiger partial charge in [0, 0.05) is 38.0 Å². The van der Waals surface area contributed by atoms with Crippen molar-refractivity contribution in [1.82, 2.24) is 9.88 Å². The minimum Gasteiger partial charge on any atom is -0.376 e. The molecule has 2 fully saturated rings. The predicted molar refractivity (Wildman–Crippen MR) is 115 cm³/mol. The minimum absolute atomic E-state index is 0.000999. The Morgan fingerprint density at radius 2 is 2.03 bits per heavy atom. The van der Waals surface area contributed by atoms with Gasteiger partial charge in [-0.05, 0) is 62.4 Å². The van der Waals surface area contributed by atoms with Gasteiger partial charge in [0.25, 0.3) is 5.91 Å². The van der Waals surface area contributed by atoms with Crippen LogP contribution in [0.1, 0.15) is 48.2 Å². The predicted octanol–water partition coefficient (Wildman–Crippen LogP) is 4.55. The molecule has 5 nitrogen and oxygen atoms in total. The van der Waals surface area contributed by atoms with Crippen LogP contribution in [0.2, 0.25) is 5.02 Å². The molecule has 0 aliphatic carbocycles. The zero-order valence-corrected chi connectivity index (χ0v) is 17.5. The molecule has 0 radical (unpaired) electrons. The first kappa shape index (κ1) is 20.2. The lowest BCUT2D eigenvalue weighted by Crippen LogP contribution is -2.37. The van der Waals surface area contributed by atoms with Gasteiger partial charge in [0.15, 0.2) is 0 Å². The average Bonchev–Trinajstić information content (AvgIpc) is 3.28. The summed E-state index contributed by atoms with van der Waals surface area (Å²) in [5.74, 6) is 0.000999. The average molecular weight is 414 g/mol. The van der Waals surface area contributed by atoms with E-state index in [0.717, 1.165) is 43.9 Å². The molecule has 29 heavy (non-hydrogen) atoms. The van der Waals surface area contributed by atoms with Gasteiger partial charge in [-0.25, -0.2) is 0 Å². The zero-order valence-electron chi connectivity index (χ0n) is 16.7. The van der Waals surface area contributed by atoms with Gasteiger partial charge in [-0.3, -0.25) is 9.78 Å². The Morgan fingerprint density at radius 1 is 1.17 bits per heavy atom. The van der Waals surface area contributed by atoms with Gasteiger partial charge in [-0.15, -0.1) is 0 Å². The van der Waals surface area contributed by atoms with Crippen LogP contribution in [-0.2, 0) is 11.3 Å². The highest BCUT2D eigenvalue weighted by Gasteiger charge is 2.25. The molecule has 1 atom stereocenters. The molecule has 1 aromatic heterocycles. The van der Waals surface area contributed by atoms with Crippen LogP contribution in [-0.4, -0.2) is 48.1 Å². The number of nitrogens with zero attached hydrogens (tertiary/aromatic N) is 3. The van der Waals surface area contributed by atoms with E-state index in [1.807, 2.05) is 41.3 Å². The first-order valence-electron chi connectivity index (χ1n) is 10.6. The number of carbonyl (C=O) groups excluding carboxylic acids is 1. The number of piperidine rings is 1. The fraction of sp³-hybridized carbons (Fsp3) is 0.478.